The lowest BCUT2D eigenvalue weighted by Crippen LogP contribution is -2.29. The quantitative estimate of drug-likeness (QED) is 0.670. The summed E-state index contributed by atoms with van der Waals surface area (Å²) in [6.45, 7) is 0. The fourth-order valence-corrected chi connectivity index (χ4v) is 3.71. The molecular weight excluding hydrogens is 392 g/mol. The first kappa shape index (κ1) is 19.0. The zero-order valence-electron chi connectivity index (χ0n) is 16.9. The van der Waals surface area contributed by atoms with Gasteiger partial charge >= 0.3 is 5.97 Å². The van der Waals surface area contributed by atoms with Crippen molar-refractivity contribution in [3.05, 3.63) is 107 Å². The van der Waals surface area contributed by atoms with Crippen LogP contribution < -0.4 is 26.0 Å². The van der Waals surface area contributed by atoms with Gasteiger partial charge in [0.15, 0.2) is 5.70 Å². The van der Waals surface area contributed by atoms with Gasteiger partial charge in [-0.3, -0.25) is 4.99 Å². The highest BCUT2D eigenvalue weighted by molar-refractivity contribution is 5.95. The maximum absolute atomic E-state index is 12.7. The van der Waals surface area contributed by atoms with Gasteiger partial charge in [-0.2, -0.15) is 0 Å². The zero-order chi connectivity index (χ0) is 21.2. The van der Waals surface area contributed by atoms with Crippen LogP contribution in [-0.4, -0.2) is 13.1 Å². The number of hydrogen-bond acceptors (Lipinski definition) is 7. The van der Waals surface area contributed by atoms with E-state index < -0.39 is 5.97 Å². The smallest absolute Gasteiger partial charge is 0.378 e. The summed E-state index contributed by atoms with van der Waals surface area (Å²) in [4.78, 5) is 27.7. The summed E-state index contributed by atoms with van der Waals surface area (Å²) >= 11 is 0. The highest BCUT2D eigenvalue weighted by Gasteiger charge is 2.34. The maximum atomic E-state index is 12.7. The van der Waals surface area contributed by atoms with Crippen LogP contribution in [0.15, 0.2) is 100 Å². The van der Waals surface area contributed by atoms with E-state index >= 15 is 0 Å². The highest BCUT2D eigenvalue weighted by Crippen LogP contribution is 2.32. The van der Waals surface area contributed by atoms with Crippen molar-refractivity contribution in [2.45, 2.75) is 12.5 Å². The summed E-state index contributed by atoms with van der Waals surface area (Å²) < 4.78 is 5.23. The van der Waals surface area contributed by atoms with Crippen LogP contribution in [0, 0.1) is 0 Å². The summed E-state index contributed by atoms with van der Waals surface area (Å²) in [5, 5.41) is 3.12. The van der Waals surface area contributed by atoms with Crippen LogP contribution in [0.2, 0.25) is 0 Å². The third-order valence-electron chi connectivity index (χ3n) is 5.25. The molecule has 1 N–H and O–H groups in total. The Morgan fingerprint density at radius 3 is 2.42 bits per heavy atom. The fourth-order valence-electron chi connectivity index (χ4n) is 3.71. The molecule has 0 radical (unpaired) electrons. The molecule has 0 saturated carbocycles. The van der Waals surface area contributed by atoms with Crippen molar-refractivity contribution in [2.24, 2.45) is 9.98 Å². The second kappa shape index (κ2) is 8.04. The molecule has 0 bridgehead atoms. The standard InChI is InChI=1S/C24H20N4O3/c1-30-18-13-11-17(12-14-18)28-23(24(29)31-27-28)22-15-21(16-7-3-2-4-8-16)25-19-9-5-6-10-20(19)26-22/h2-14,21,27H,15H2,1H3. The summed E-state index contributed by atoms with van der Waals surface area (Å²) in [5.41, 5.74) is 5.44. The molecule has 1 fully saturated rings. The number of carbonyl (C=O) groups is 1. The van der Waals surface area contributed by atoms with E-state index in [4.69, 9.17) is 19.6 Å². The first-order valence-electron chi connectivity index (χ1n) is 9.93. The number of hydrazine groups is 1. The molecule has 1 atom stereocenters. The van der Waals surface area contributed by atoms with E-state index in [0.29, 0.717) is 17.8 Å². The number of carbonyl (C=O) groups excluding carboxylic acids is 1. The molecule has 5 rings (SSSR count). The lowest BCUT2D eigenvalue weighted by atomic mass is 10.0. The normalized spacial score (nSPS) is 20.2. The van der Waals surface area contributed by atoms with Gasteiger partial charge in [-0.1, -0.05) is 48.1 Å². The van der Waals surface area contributed by atoms with E-state index in [9.17, 15) is 4.79 Å². The van der Waals surface area contributed by atoms with Gasteiger partial charge in [0.2, 0.25) is 0 Å². The highest BCUT2D eigenvalue weighted by atomic mass is 16.7. The largest absolute Gasteiger partial charge is 0.497 e. The molecule has 0 amide bonds. The Bertz CT molecular complexity index is 1270. The molecular formula is C24H20N4O3. The summed E-state index contributed by atoms with van der Waals surface area (Å²) in [7, 11) is 1.61. The van der Waals surface area contributed by atoms with Gasteiger partial charge < -0.3 is 9.57 Å². The molecule has 0 aliphatic carbocycles. The molecule has 0 aromatic heterocycles. The summed E-state index contributed by atoms with van der Waals surface area (Å²) in [6.07, 6.45) is 0.456. The molecule has 3 aromatic rings. The topological polar surface area (TPSA) is 75.5 Å². The number of benzene rings is 3. The van der Waals surface area contributed by atoms with Gasteiger partial charge in [0, 0.05) is 6.42 Å². The van der Waals surface area contributed by atoms with Gasteiger partial charge in [-0.15, -0.1) is 0 Å². The Labute approximate surface area is 178 Å². The Hall–Kier alpha value is -3.97. The van der Waals surface area contributed by atoms with Gasteiger partial charge in [0.25, 0.3) is 0 Å². The number of hydrogen-bond donors (Lipinski definition) is 1. The molecule has 1 saturated heterocycles. The molecule has 1 unspecified atom stereocenters. The maximum Gasteiger partial charge on any atom is 0.378 e. The van der Waals surface area contributed by atoms with Crippen molar-refractivity contribution in [3.63, 3.8) is 0 Å². The van der Waals surface area contributed by atoms with Crippen molar-refractivity contribution in [2.75, 3.05) is 12.1 Å². The molecule has 7 heteroatoms. The predicted octanol–water partition coefficient (Wildman–Crippen LogP) is 2.77. The van der Waals surface area contributed by atoms with E-state index in [2.05, 4.69) is 5.59 Å². The van der Waals surface area contributed by atoms with E-state index in [1.165, 1.54) is 0 Å². The van der Waals surface area contributed by atoms with E-state index in [1.54, 1.807) is 12.1 Å². The number of fused-ring (bicyclic) bond motifs is 1. The first-order valence-corrected chi connectivity index (χ1v) is 9.93. The number of ether oxygens (including phenoxy) is 1. The number of nitrogens with one attached hydrogen (secondary N) is 1. The van der Waals surface area contributed by atoms with Crippen LogP contribution in [0.5, 0.6) is 5.75 Å². The first-order chi connectivity index (χ1) is 15.2. The SMILES string of the molecule is COc1ccc(N2NOC(=O)C2=C2CC(c3ccccc3)N=c3ccccc3=N2)cc1. The van der Waals surface area contributed by atoms with Crippen LogP contribution in [0.1, 0.15) is 18.0 Å². The number of rotatable bonds is 3. The van der Waals surface area contributed by atoms with E-state index in [1.807, 2.05) is 78.9 Å². The predicted molar refractivity (Wildman–Crippen MR) is 114 cm³/mol. The fraction of sp³-hybridized carbons (Fsp3) is 0.125. The average molecular weight is 412 g/mol. The van der Waals surface area contributed by atoms with Crippen molar-refractivity contribution < 1.29 is 14.4 Å². The molecule has 3 aromatic carbocycles. The number of methoxy groups -OCH3 is 1. The molecule has 2 aliphatic heterocycles. The van der Waals surface area contributed by atoms with E-state index in [0.717, 1.165) is 27.7 Å². The zero-order valence-corrected chi connectivity index (χ0v) is 16.9. The van der Waals surface area contributed by atoms with Gasteiger partial charge in [-0.05, 0) is 42.0 Å². The molecule has 2 heterocycles. The lowest BCUT2D eigenvalue weighted by molar-refractivity contribution is -0.140. The minimum absolute atomic E-state index is 0.179. The van der Waals surface area contributed by atoms with Crippen LogP contribution in [-0.2, 0) is 9.63 Å². The average Bonchev–Trinajstić information content (AvgIpc) is 3.09. The van der Waals surface area contributed by atoms with Gasteiger partial charge in [0.1, 0.15) is 5.75 Å². The van der Waals surface area contributed by atoms with Crippen LogP contribution in [0.3, 0.4) is 0 Å². The van der Waals surface area contributed by atoms with Crippen molar-refractivity contribution in [3.8, 4) is 5.75 Å². The Morgan fingerprint density at radius 2 is 1.68 bits per heavy atom. The van der Waals surface area contributed by atoms with Crippen LogP contribution >= 0.6 is 0 Å². The molecule has 0 spiro atoms. The second-order valence-electron chi connectivity index (χ2n) is 7.17. The summed E-state index contributed by atoms with van der Waals surface area (Å²) in [6, 6.07) is 24.9. The monoisotopic (exact) mass is 412 g/mol. The van der Waals surface area contributed by atoms with Crippen molar-refractivity contribution in [1.29, 1.82) is 0 Å². The third kappa shape index (κ3) is 3.67. The second-order valence-corrected chi connectivity index (χ2v) is 7.17. The van der Waals surface area contributed by atoms with E-state index in [-0.39, 0.29) is 6.04 Å². The van der Waals surface area contributed by atoms with Crippen LogP contribution in [0.25, 0.3) is 0 Å². The minimum Gasteiger partial charge on any atom is -0.497 e. The number of para-hydroxylation sites is 2. The third-order valence-corrected chi connectivity index (χ3v) is 5.25. The molecule has 31 heavy (non-hydrogen) atoms. The summed E-state index contributed by atoms with van der Waals surface area (Å²) in [5.74, 6) is 0.237. The van der Waals surface area contributed by atoms with Crippen molar-refractivity contribution >= 4 is 11.7 Å². The van der Waals surface area contributed by atoms with Crippen molar-refractivity contribution in [1.82, 2.24) is 5.59 Å². The molecule has 2 aliphatic rings. The molecule has 7 nitrogen and oxygen atoms in total. The molecule has 154 valence electrons. The Kier molecular flexibility index (Phi) is 4.93. The number of anilines is 1. The Balaban J connectivity index is 1.67. The van der Waals surface area contributed by atoms with Crippen LogP contribution in [0.4, 0.5) is 5.69 Å². The minimum atomic E-state index is -0.485. The lowest BCUT2D eigenvalue weighted by Gasteiger charge is -2.18. The Morgan fingerprint density at radius 1 is 0.968 bits per heavy atom. The number of nitrogens with zero attached hydrogens (tertiary/aromatic N) is 3. The van der Waals surface area contributed by atoms with Gasteiger partial charge in [-0.25, -0.2) is 14.8 Å². The van der Waals surface area contributed by atoms with Gasteiger partial charge in [0.05, 0.1) is 35.3 Å².